The third-order valence-electron chi connectivity index (χ3n) is 2.92. The Kier molecular flexibility index (Phi) is 4.84. The van der Waals surface area contributed by atoms with Crippen molar-refractivity contribution in [1.29, 1.82) is 0 Å². The summed E-state index contributed by atoms with van der Waals surface area (Å²) in [6.07, 6.45) is 0.968. The summed E-state index contributed by atoms with van der Waals surface area (Å²) in [5, 5.41) is 0.468. The lowest BCUT2D eigenvalue weighted by atomic mass is 10.1. The lowest BCUT2D eigenvalue weighted by Crippen LogP contribution is -2.28. The topological polar surface area (TPSA) is 42.4 Å². The quantitative estimate of drug-likeness (QED) is 0.859. The lowest BCUT2D eigenvalue weighted by Gasteiger charge is -2.15. The number of carbonyl (C=O) groups excluding carboxylic acids is 1. The molecular weight excluding hydrogens is 295 g/mol. The van der Waals surface area contributed by atoms with Gasteiger partial charge in [0.25, 0.3) is 5.91 Å². The van der Waals surface area contributed by atoms with Crippen molar-refractivity contribution >= 4 is 40.6 Å². The van der Waals surface area contributed by atoms with Crippen LogP contribution in [0.1, 0.15) is 23.0 Å². The Morgan fingerprint density at radius 2 is 2.39 bits per heavy atom. The Morgan fingerprint density at radius 3 is 3.00 bits per heavy atom. The van der Waals surface area contributed by atoms with Gasteiger partial charge in [-0.15, -0.1) is 0 Å². The molecule has 18 heavy (non-hydrogen) atoms. The molecule has 0 bridgehead atoms. The summed E-state index contributed by atoms with van der Waals surface area (Å²) >= 11 is 12.8. The third kappa shape index (κ3) is 2.96. The summed E-state index contributed by atoms with van der Waals surface area (Å²) in [5.41, 5.74) is 0. The number of hydrogen-bond acceptors (Lipinski definition) is 4. The minimum absolute atomic E-state index is 0.0802. The van der Waals surface area contributed by atoms with Gasteiger partial charge in [0.05, 0.1) is 6.61 Å². The van der Waals surface area contributed by atoms with Gasteiger partial charge in [0.15, 0.2) is 5.15 Å². The molecule has 100 valence electrons. The molecule has 1 aromatic rings. The Hall–Kier alpha value is -0.360. The lowest BCUT2D eigenvalue weighted by molar-refractivity contribution is 0.0767. The van der Waals surface area contributed by atoms with Gasteiger partial charge >= 0.3 is 0 Å². The van der Waals surface area contributed by atoms with Crippen LogP contribution in [-0.2, 0) is 4.74 Å². The van der Waals surface area contributed by atoms with Gasteiger partial charge < -0.3 is 9.64 Å². The first-order valence-corrected chi connectivity index (χ1v) is 7.34. The first-order valence-electron chi connectivity index (χ1n) is 5.81. The van der Waals surface area contributed by atoms with Gasteiger partial charge in [0.2, 0.25) is 0 Å². The van der Waals surface area contributed by atoms with Crippen molar-refractivity contribution in [3.63, 3.8) is 0 Å². The van der Waals surface area contributed by atoms with Gasteiger partial charge in [0.1, 0.15) is 9.90 Å². The maximum atomic E-state index is 12.2. The molecule has 7 heteroatoms. The number of rotatable bonds is 4. The summed E-state index contributed by atoms with van der Waals surface area (Å²) in [5.74, 6) is 0.333. The molecule has 0 aliphatic carbocycles. The second-order valence-electron chi connectivity index (χ2n) is 4.18. The largest absolute Gasteiger partial charge is 0.381 e. The fraction of sp³-hybridized carbons (Fsp3) is 0.636. The van der Waals surface area contributed by atoms with E-state index >= 15 is 0 Å². The maximum absolute atomic E-state index is 12.2. The Balaban J connectivity index is 1.97. The molecule has 0 N–H and O–H groups in total. The third-order valence-corrected chi connectivity index (χ3v) is 4.71. The summed E-state index contributed by atoms with van der Waals surface area (Å²) in [7, 11) is 0. The number of hydrogen-bond donors (Lipinski definition) is 0. The molecule has 0 radical (unpaired) electrons. The SMILES string of the molecule is CCOC[C@H]1CCN(C(=O)c2snc(Cl)c2Cl)C1. The van der Waals surface area contributed by atoms with Gasteiger partial charge in [-0.05, 0) is 24.9 Å². The van der Waals surface area contributed by atoms with E-state index < -0.39 is 0 Å². The van der Waals surface area contributed by atoms with Gasteiger partial charge in [-0.1, -0.05) is 23.2 Å². The number of aromatic nitrogens is 1. The second-order valence-corrected chi connectivity index (χ2v) is 5.69. The van der Waals surface area contributed by atoms with E-state index in [0.29, 0.717) is 30.6 Å². The number of carbonyl (C=O) groups is 1. The van der Waals surface area contributed by atoms with Crippen LogP contribution in [0.3, 0.4) is 0 Å². The fourth-order valence-electron chi connectivity index (χ4n) is 1.97. The van der Waals surface area contributed by atoms with Crippen molar-refractivity contribution in [3.8, 4) is 0 Å². The average molecular weight is 309 g/mol. The van der Waals surface area contributed by atoms with Crippen molar-refractivity contribution in [2.45, 2.75) is 13.3 Å². The molecule has 2 rings (SSSR count). The van der Waals surface area contributed by atoms with E-state index in [0.717, 1.165) is 24.5 Å². The number of ether oxygens (including phenoxy) is 1. The van der Waals surface area contributed by atoms with Crippen molar-refractivity contribution < 1.29 is 9.53 Å². The second kappa shape index (κ2) is 6.19. The number of likely N-dealkylation sites (tertiary alicyclic amines) is 1. The molecule has 1 aromatic heterocycles. The minimum Gasteiger partial charge on any atom is -0.381 e. The van der Waals surface area contributed by atoms with Gasteiger partial charge in [-0.25, -0.2) is 0 Å². The molecule has 1 saturated heterocycles. The highest BCUT2D eigenvalue weighted by atomic mass is 35.5. The van der Waals surface area contributed by atoms with Crippen molar-refractivity contribution in [3.05, 3.63) is 15.1 Å². The van der Waals surface area contributed by atoms with Crippen LogP contribution in [0.25, 0.3) is 0 Å². The van der Waals surface area contributed by atoms with Gasteiger partial charge in [-0.2, -0.15) is 4.37 Å². The smallest absolute Gasteiger partial charge is 0.267 e. The van der Waals surface area contributed by atoms with Crippen LogP contribution < -0.4 is 0 Å². The highest BCUT2D eigenvalue weighted by Gasteiger charge is 2.29. The van der Waals surface area contributed by atoms with Gasteiger partial charge in [0, 0.05) is 25.6 Å². The maximum Gasteiger partial charge on any atom is 0.267 e. The summed E-state index contributed by atoms with van der Waals surface area (Å²) in [4.78, 5) is 14.4. The first-order chi connectivity index (χ1) is 8.63. The summed E-state index contributed by atoms with van der Waals surface area (Å²) in [6, 6.07) is 0. The highest BCUT2D eigenvalue weighted by Crippen LogP contribution is 2.30. The molecule has 0 saturated carbocycles. The van der Waals surface area contributed by atoms with Crippen molar-refractivity contribution in [2.75, 3.05) is 26.3 Å². The molecular formula is C11H14Cl2N2O2S. The Morgan fingerprint density at radius 1 is 1.61 bits per heavy atom. The van der Waals surface area contributed by atoms with E-state index in [1.165, 1.54) is 0 Å². The minimum atomic E-state index is -0.0802. The number of nitrogens with zero attached hydrogens (tertiary/aromatic N) is 2. The fourth-order valence-corrected chi connectivity index (χ4v) is 3.15. The van der Waals surface area contributed by atoms with E-state index in [2.05, 4.69) is 4.37 Å². The van der Waals surface area contributed by atoms with Crippen molar-refractivity contribution in [2.24, 2.45) is 5.92 Å². The summed E-state index contributed by atoms with van der Waals surface area (Å²) < 4.78 is 9.26. The van der Waals surface area contributed by atoms with E-state index in [-0.39, 0.29) is 16.1 Å². The zero-order valence-corrected chi connectivity index (χ0v) is 12.3. The molecule has 0 aromatic carbocycles. The van der Waals surface area contributed by atoms with Crippen LogP contribution in [0.5, 0.6) is 0 Å². The average Bonchev–Trinajstić information content (AvgIpc) is 2.95. The summed E-state index contributed by atoms with van der Waals surface area (Å²) in [6.45, 7) is 4.84. The van der Waals surface area contributed by atoms with Crippen LogP contribution in [0.15, 0.2) is 0 Å². The highest BCUT2D eigenvalue weighted by molar-refractivity contribution is 7.09. The molecule has 2 heterocycles. The van der Waals surface area contributed by atoms with E-state index in [9.17, 15) is 4.79 Å². The van der Waals surface area contributed by atoms with Gasteiger partial charge in [-0.3, -0.25) is 4.79 Å². The predicted octanol–water partition coefficient (Wildman–Crippen LogP) is 2.95. The monoisotopic (exact) mass is 308 g/mol. The Labute approximate surface area is 120 Å². The molecule has 1 fully saturated rings. The molecule has 0 unspecified atom stereocenters. The molecule has 1 atom stereocenters. The van der Waals surface area contributed by atoms with Crippen LogP contribution in [0, 0.1) is 5.92 Å². The molecule has 0 spiro atoms. The van der Waals surface area contributed by atoms with E-state index in [4.69, 9.17) is 27.9 Å². The number of amides is 1. The zero-order chi connectivity index (χ0) is 13.1. The van der Waals surface area contributed by atoms with E-state index in [1.54, 1.807) is 4.90 Å². The van der Waals surface area contributed by atoms with Crippen LogP contribution in [-0.4, -0.2) is 41.5 Å². The number of halogens is 2. The van der Waals surface area contributed by atoms with Crippen LogP contribution in [0.4, 0.5) is 0 Å². The van der Waals surface area contributed by atoms with Crippen molar-refractivity contribution in [1.82, 2.24) is 9.27 Å². The predicted molar refractivity (Wildman–Crippen MR) is 72.6 cm³/mol. The Bertz CT molecular complexity index is 439. The molecule has 1 aliphatic rings. The van der Waals surface area contributed by atoms with Crippen LogP contribution >= 0.6 is 34.7 Å². The molecule has 1 amide bonds. The van der Waals surface area contributed by atoms with E-state index in [1.807, 2.05) is 6.92 Å². The standard InChI is InChI=1S/C11H14Cl2N2O2S/c1-2-17-6-7-3-4-15(5-7)11(16)9-8(12)10(13)14-18-9/h7H,2-6H2,1H3/t7-/m0/s1. The zero-order valence-electron chi connectivity index (χ0n) is 9.99. The molecule has 1 aliphatic heterocycles. The molecule has 4 nitrogen and oxygen atoms in total. The normalized spacial score (nSPS) is 19.5. The first kappa shape index (κ1) is 14.1. The van der Waals surface area contributed by atoms with Crippen LogP contribution in [0.2, 0.25) is 10.2 Å².